The average molecular weight is 347 g/mol. The number of aryl methyl sites for hydroxylation is 1. The molecular formula is C23H25NO2. The van der Waals surface area contributed by atoms with Crippen molar-refractivity contribution in [3.63, 3.8) is 0 Å². The number of para-hydroxylation sites is 1. The van der Waals surface area contributed by atoms with Crippen molar-refractivity contribution in [3.8, 4) is 16.9 Å². The topological polar surface area (TPSA) is 29.5 Å². The van der Waals surface area contributed by atoms with E-state index in [1.807, 2.05) is 36.4 Å². The van der Waals surface area contributed by atoms with Crippen molar-refractivity contribution in [2.75, 3.05) is 21.2 Å². The lowest BCUT2D eigenvalue weighted by molar-refractivity contribution is 0.0828. The van der Waals surface area contributed by atoms with E-state index in [1.165, 1.54) is 5.56 Å². The van der Waals surface area contributed by atoms with Crippen LogP contribution in [0.2, 0.25) is 0 Å². The van der Waals surface area contributed by atoms with Crippen molar-refractivity contribution in [1.82, 2.24) is 4.90 Å². The Balaban J connectivity index is 2.29. The standard InChI is InChI=1S/C23H25NO2/c1-5-8-16-13-17-11-12-18(23(25)24(2)3)15-20(17)21(14-16)19-9-6-7-10-22(19)26-4/h6-7,9-15H,5,8H2,1-4H3. The van der Waals surface area contributed by atoms with Crippen LogP contribution in [-0.2, 0) is 6.42 Å². The maximum absolute atomic E-state index is 12.4. The smallest absolute Gasteiger partial charge is 0.253 e. The molecular weight excluding hydrogens is 322 g/mol. The zero-order valence-corrected chi connectivity index (χ0v) is 15.9. The maximum Gasteiger partial charge on any atom is 0.253 e. The van der Waals surface area contributed by atoms with E-state index in [0.717, 1.165) is 40.5 Å². The minimum absolute atomic E-state index is 0.00973. The van der Waals surface area contributed by atoms with Gasteiger partial charge in [-0.05, 0) is 46.5 Å². The summed E-state index contributed by atoms with van der Waals surface area (Å²) in [6.45, 7) is 2.19. The molecule has 0 bridgehead atoms. The summed E-state index contributed by atoms with van der Waals surface area (Å²) in [5.41, 5.74) is 4.15. The third kappa shape index (κ3) is 3.43. The number of hydrogen-bond donors (Lipinski definition) is 0. The number of rotatable bonds is 5. The van der Waals surface area contributed by atoms with Gasteiger partial charge in [-0.1, -0.05) is 49.7 Å². The van der Waals surface area contributed by atoms with Crippen molar-refractivity contribution in [1.29, 1.82) is 0 Å². The highest BCUT2D eigenvalue weighted by atomic mass is 16.5. The van der Waals surface area contributed by atoms with Crippen molar-refractivity contribution in [2.45, 2.75) is 19.8 Å². The van der Waals surface area contributed by atoms with E-state index in [-0.39, 0.29) is 5.91 Å². The Bertz CT molecular complexity index is 944. The molecule has 0 fully saturated rings. The predicted octanol–water partition coefficient (Wildman–Crippen LogP) is 5.17. The van der Waals surface area contributed by atoms with E-state index in [0.29, 0.717) is 5.56 Å². The predicted molar refractivity (Wildman–Crippen MR) is 108 cm³/mol. The van der Waals surface area contributed by atoms with Gasteiger partial charge in [0.1, 0.15) is 5.75 Å². The van der Waals surface area contributed by atoms with Crippen LogP contribution in [-0.4, -0.2) is 32.0 Å². The molecule has 0 saturated carbocycles. The molecule has 0 N–H and O–H groups in total. The highest BCUT2D eigenvalue weighted by molar-refractivity contribution is 6.04. The number of ether oxygens (including phenoxy) is 1. The van der Waals surface area contributed by atoms with Gasteiger partial charge >= 0.3 is 0 Å². The molecule has 0 spiro atoms. The SMILES string of the molecule is CCCc1cc(-c2ccccc2OC)c2cc(C(=O)N(C)C)ccc2c1. The Morgan fingerprint density at radius 1 is 1.00 bits per heavy atom. The minimum atomic E-state index is 0.00973. The molecule has 3 heteroatoms. The summed E-state index contributed by atoms with van der Waals surface area (Å²) in [5.74, 6) is 0.849. The molecule has 0 saturated heterocycles. The number of carbonyl (C=O) groups excluding carboxylic acids is 1. The van der Waals surface area contributed by atoms with Crippen LogP contribution in [0.5, 0.6) is 5.75 Å². The average Bonchev–Trinajstić information content (AvgIpc) is 2.66. The zero-order valence-electron chi connectivity index (χ0n) is 15.9. The van der Waals surface area contributed by atoms with Gasteiger partial charge in [0.05, 0.1) is 7.11 Å². The molecule has 0 aliphatic carbocycles. The van der Waals surface area contributed by atoms with E-state index in [9.17, 15) is 4.79 Å². The molecule has 0 aromatic heterocycles. The quantitative estimate of drug-likeness (QED) is 0.637. The first-order valence-electron chi connectivity index (χ1n) is 8.97. The van der Waals surface area contributed by atoms with Gasteiger partial charge in [-0.15, -0.1) is 0 Å². The van der Waals surface area contributed by atoms with E-state index < -0.39 is 0 Å². The van der Waals surface area contributed by atoms with E-state index >= 15 is 0 Å². The lowest BCUT2D eigenvalue weighted by Gasteiger charge is -2.15. The van der Waals surface area contributed by atoms with E-state index in [4.69, 9.17) is 4.74 Å². The zero-order chi connectivity index (χ0) is 18.7. The van der Waals surface area contributed by atoms with Crippen LogP contribution in [0.1, 0.15) is 29.3 Å². The molecule has 3 aromatic carbocycles. The van der Waals surface area contributed by atoms with Gasteiger partial charge in [-0.3, -0.25) is 4.79 Å². The van der Waals surface area contributed by atoms with Gasteiger partial charge in [0.25, 0.3) is 5.91 Å². The largest absolute Gasteiger partial charge is 0.496 e. The second kappa shape index (κ2) is 7.61. The number of carbonyl (C=O) groups is 1. The second-order valence-electron chi connectivity index (χ2n) is 6.73. The van der Waals surface area contributed by atoms with Gasteiger partial charge in [0.15, 0.2) is 0 Å². The molecule has 26 heavy (non-hydrogen) atoms. The first kappa shape index (κ1) is 18.0. The van der Waals surface area contributed by atoms with Crippen LogP contribution < -0.4 is 4.74 Å². The first-order valence-corrected chi connectivity index (χ1v) is 8.97. The lowest BCUT2D eigenvalue weighted by Crippen LogP contribution is -2.21. The molecule has 0 atom stereocenters. The molecule has 0 aliphatic heterocycles. The molecule has 3 rings (SSSR count). The number of hydrogen-bond acceptors (Lipinski definition) is 2. The van der Waals surface area contributed by atoms with Crippen LogP contribution >= 0.6 is 0 Å². The summed E-state index contributed by atoms with van der Waals surface area (Å²) in [4.78, 5) is 14.0. The molecule has 3 aromatic rings. The summed E-state index contributed by atoms with van der Waals surface area (Å²) in [6, 6.07) is 18.4. The Morgan fingerprint density at radius 3 is 2.46 bits per heavy atom. The Kier molecular flexibility index (Phi) is 5.27. The molecule has 134 valence electrons. The Hall–Kier alpha value is -2.81. The van der Waals surface area contributed by atoms with Gasteiger partial charge in [0.2, 0.25) is 0 Å². The van der Waals surface area contributed by atoms with Crippen molar-refractivity contribution in [3.05, 3.63) is 65.7 Å². The van der Waals surface area contributed by atoms with Gasteiger partial charge in [-0.2, -0.15) is 0 Å². The highest BCUT2D eigenvalue weighted by Gasteiger charge is 2.14. The summed E-state index contributed by atoms with van der Waals surface area (Å²) in [7, 11) is 5.24. The van der Waals surface area contributed by atoms with E-state index in [2.05, 4.69) is 25.1 Å². The number of amides is 1. The molecule has 0 aliphatic rings. The van der Waals surface area contributed by atoms with Crippen LogP contribution in [0.25, 0.3) is 21.9 Å². The number of nitrogens with zero attached hydrogens (tertiary/aromatic N) is 1. The lowest BCUT2D eigenvalue weighted by atomic mass is 9.92. The molecule has 0 radical (unpaired) electrons. The monoisotopic (exact) mass is 347 g/mol. The van der Waals surface area contributed by atoms with Gasteiger partial charge in [0, 0.05) is 25.2 Å². The summed E-state index contributed by atoms with van der Waals surface area (Å²) in [5, 5.41) is 2.22. The number of benzene rings is 3. The van der Waals surface area contributed by atoms with Crippen molar-refractivity contribution >= 4 is 16.7 Å². The number of fused-ring (bicyclic) bond motifs is 1. The van der Waals surface area contributed by atoms with Crippen LogP contribution in [0, 0.1) is 0 Å². The second-order valence-corrected chi connectivity index (χ2v) is 6.73. The fraction of sp³-hybridized carbons (Fsp3) is 0.261. The maximum atomic E-state index is 12.4. The Labute approximate surface area is 155 Å². The third-order valence-corrected chi connectivity index (χ3v) is 4.60. The fourth-order valence-corrected chi connectivity index (χ4v) is 3.33. The summed E-state index contributed by atoms with van der Waals surface area (Å²) < 4.78 is 5.59. The number of methoxy groups -OCH3 is 1. The fourth-order valence-electron chi connectivity index (χ4n) is 3.33. The van der Waals surface area contributed by atoms with Crippen molar-refractivity contribution < 1.29 is 9.53 Å². The van der Waals surface area contributed by atoms with Crippen LogP contribution in [0.15, 0.2) is 54.6 Å². The molecule has 1 amide bonds. The summed E-state index contributed by atoms with van der Waals surface area (Å²) in [6.07, 6.45) is 2.12. The Morgan fingerprint density at radius 2 is 1.77 bits per heavy atom. The van der Waals surface area contributed by atoms with Gasteiger partial charge in [-0.25, -0.2) is 0 Å². The van der Waals surface area contributed by atoms with E-state index in [1.54, 1.807) is 26.1 Å². The molecule has 0 heterocycles. The van der Waals surface area contributed by atoms with Crippen molar-refractivity contribution in [2.24, 2.45) is 0 Å². The van der Waals surface area contributed by atoms with Crippen LogP contribution in [0.4, 0.5) is 0 Å². The summed E-state index contributed by atoms with van der Waals surface area (Å²) >= 11 is 0. The van der Waals surface area contributed by atoms with Gasteiger partial charge < -0.3 is 9.64 Å². The molecule has 3 nitrogen and oxygen atoms in total. The third-order valence-electron chi connectivity index (χ3n) is 4.60. The highest BCUT2D eigenvalue weighted by Crippen LogP contribution is 2.36. The normalized spacial score (nSPS) is 10.8. The van der Waals surface area contributed by atoms with Crippen LogP contribution in [0.3, 0.4) is 0 Å². The molecule has 0 unspecified atom stereocenters. The first-order chi connectivity index (χ1) is 12.5. The minimum Gasteiger partial charge on any atom is -0.496 e.